The van der Waals surface area contributed by atoms with Crippen molar-refractivity contribution < 1.29 is 9.59 Å². The van der Waals surface area contributed by atoms with Gasteiger partial charge < -0.3 is 20.9 Å². The van der Waals surface area contributed by atoms with Crippen LogP contribution in [0.1, 0.15) is 12.8 Å². The maximum atomic E-state index is 12.3. The predicted octanol–water partition coefficient (Wildman–Crippen LogP) is -0.494. The first-order valence-corrected chi connectivity index (χ1v) is 9.20. The molecule has 26 heavy (non-hydrogen) atoms. The molecular formula is C17H27N7O2. The van der Waals surface area contributed by atoms with E-state index >= 15 is 0 Å². The van der Waals surface area contributed by atoms with Gasteiger partial charge in [0.05, 0.1) is 5.92 Å². The van der Waals surface area contributed by atoms with E-state index in [1.54, 1.807) is 17.3 Å². The Bertz CT molecular complexity index is 604. The normalized spacial score (nSPS) is 21.5. The molecule has 0 bridgehead atoms. The van der Waals surface area contributed by atoms with Crippen molar-refractivity contribution in [3.63, 3.8) is 0 Å². The highest BCUT2D eigenvalue weighted by atomic mass is 16.2. The molecule has 2 fully saturated rings. The van der Waals surface area contributed by atoms with Crippen molar-refractivity contribution in [3.8, 4) is 0 Å². The molecule has 3 N–H and O–H groups in total. The van der Waals surface area contributed by atoms with E-state index in [-0.39, 0.29) is 11.8 Å². The number of carbonyl (C=O) groups is 2. The van der Waals surface area contributed by atoms with Gasteiger partial charge in [-0.3, -0.25) is 9.69 Å². The Hall–Kier alpha value is -2.42. The van der Waals surface area contributed by atoms with E-state index < -0.39 is 6.03 Å². The quantitative estimate of drug-likeness (QED) is 0.732. The van der Waals surface area contributed by atoms with Crippen molar-refractivity contribution >= 4 is 17.9 Å². The average molecular weight is 361 g/mol. The molecule has 2 aliphatic heterocycles. The number of primary amides is 1. The number of nitrogens with two attached hydrogens (primary N) is 1. The zero-order chi connectivity index (χ0) is 18.4. The molecule has 3 amide bonds. The van der Waals surface area contributed by atoms with Gasteiger partial charge in [-0.05, 0) is 18.9 Å². The summed E-state index contributed by atoms with van der Waals surface area (Å²) in [6.45, 7) is 6.13. The van der Waals surface area contributed by atoms with Gasteiger partial charge in [0.1, 0.15) is 0 Å². The number of aromatic nitrogens is 2. The molecular weight excluding hydrogens is 334 g/mol. The molecule has 1 aromatic heterocycles. The summed E-state index contributed by atoms with van der Waals surface area (Å²) in [5.74, 6) is 0.646. The molecule has 9 nitrogen and oxygen atoms in total. The molecule has 1 aromatic rings. The summed E-state index contributed by atoms with van der Waals surface area (Å²) in [5, 5.41) is 3.00. The van der Waals surface area contributed by atoms with Gasteiger partial charge in [0.2, 0.25) is 11.9 Å². The van der Waals surface area contributed by atoms with Gasteiger partial charge in [-0.2, -0.15) is 0 Å². The van der Waals surface area contributed by atoms with Crippen LogP contribution in [0.25, 0.3) is 0 Å². The lowest BCUT2D eigenvalue weighted by Gasteiger charge is -2.35. The number of piperidine rings is 1. The van der Waals surface area contributed by atoms with E-state index in [0.717, 1.165) is 51.5 Å². The molecule has 1 atom stereocenters. The van der Waals surface area contributed by atoms with Crippen LogP contribution in [0.3, 0.4) is 0 Å². The van der Waals surface area contributed by atoms with Crippen molar-refractivity contribution in [2.45, 2.75) is 12.8 Å². The van der Waals surface area contributed by atoms with Gasteiger partial charge in [0, 0.05) is 64.8 Å². The molecule has 0 aromatic carbocycles. The third-order valence-electron chi connectivity index (χ3n) is 5.04. The van der Waals surface area contributed by atoms with E-state index in [1.807, 2.05) is 6.07 Å². The summed E-state index contributed by atoms with van der Waals surface area (Å²) in [4.78, 5) is 38.2. The number of anilines is 1. The summed E-state index contributed by atoms with van der Waals surface area (Å²) in [6, 6.07) is 1.37. The van der Waals surface area contributed by atoms with Crippen LogP contribution >= 0.6 is 0 Å². The topological polar surface area (TPSA) is 108 Å². The Kier molecular flexibility index (Phi) is 6.21. The van der Waals surface area contributed by atoms with Crippen LogP contribution in [0.15, 0.2) is 18.5 Å². The molecule has 0 radical (unpaired) electrons. The van der Waals surface area contributed by atoms with Crippen LogP contribution < -0.4 is 16.0 Å². The average Bonchev–Trinajstić information content (AvgIpc) is 2.69. The zero-order valence-corrected chi connectivity index (χ0v) is 15.0. The highest BCUT2D eigenvalue weighted by Crippen LogP contribution is 2.16. The van der Waals surface area contributed by atoms with Crippen LogP contribution in [-0.2, 0) is 4.79 Å². The SMILES string of the molecule is NC(=O)N1CCC[C@H](C(=O)NCCN2CCN(c3ncccn3)CC2)C1. The highest BCUT2D eigenvalue weighted by molar-refractivity contribution is 5.80. The Labute approximate surface area is 153 Å². The van der Waals surface area contributed by atoms with E-state index in [1.165, 1.54) is 0 Å². The second kappa shape index (κ2) is 8.79. The Morgan fingerprint density at radius 2 is 1.88 bits per heavy atom. The molecule has 2 saturated heterocycles. The molecule has 0 saturated carbocycles. The monoisotopic (exact) mass is 361 g/mol. The number of carbonyl (C=O) groups excluding carboxylic acids is 2. The summed E-state index contributed by atoms with van der Waals surface area (Å²) < 4.78 is 0. The van der Waals surface area contributed by atoms with E-state index in [2.05, 4.69) is 25.1 Å². The first-order valence-electron chi connectivity index (χ1n) is 9.20. The van der Waals surface area contributed by atoms with Gasteiger partial charge in [-0.25, -0.2) is 14.8 Å². The van der Waals surface area contributed by atoms with Crippen molar-refractivity contribution in [1.29, 1.82) is 0 Å². The molecule has 0 spiro atoms. The van der Waals surface area contributed by atoms with Gasteiger partial charge >= 0.3 is 6.03 Å². The van der Waals surface area contributed by atoms with Crippen molar-refractivity contribution in [2.75, 3.05) is 57.3 Å². The van der Waals surface area contributed by atoms with Gasteiger partial charge in [0.15, 0.2) is 0 Å². The summed E-state index contributed by atoms with van der Waals surface area (Å²) in [7, 11) is 0. The Balaban J connectivity index is 1.35. The van der Waals surface area contributed by atoms with Gasteiger partial charge in [0.25, 0.3) is 0 Å². The van der Waals surface area contributed by atoms with Gasteiger partial charge in [-0.1, -0.05) is 0 Å². The Morgan fingerprint density at radius 1 is 1.15 bits per heavy atom. The largest absolute Gasteiger partial charge is 0.355 e. The van der Waals surface area contributed by atoms with Crippen LogP contribution in [0, 0.1) is 5.92 Å². The van der Waals surface area contributed by atoms with Crippen molar-refractivity contribution in [2.24, 2.45) is 11.7 Å². The lowest BCUT2D eigenvalue weighted by molar-refractivity contribution is -0.126. The predicted molar refractivity (Wildman–Crippen MR) is 97.6 cm³/mol. The summed E-state index contributed by atoms with van der Waals surface area (Å²) in [5.41, 5.74) is 5.32. The second-order valence-corrected chi connectivity index (χ2v) is 6.79. The molecule has 3 rings (SSSR count). The molecule has 142 valence electrons. The fourth-order valence-electron chi connectivity index (χ4n) is 3.50. The number of piperazine rings is 1. The number of urea groups is 1. The lowest BCUT2D eigenvalue weighted by Crippen LogP contribution is -2.50. The molecule has 9 heteroatoms. The first kappa shape index (κ1) is 18.4. The first-order chi connectivity index (χ1) is 12.6. The molecule has 0 unspecified atom stereocenters. The van der Waals surface area contributed by atoms with Crippen LogP contribution in [0.2, 0.25) is 0 Å². The third kappa shape index (κ3) is 4.81. The minimum absolute atomic E-state index is 0.0206. The second-order valence-electron chi connectivity index (χ2n) is 6.79. The standard InChI is InChI=1S/C17H27N7O2/c18-16(26)24-7-1-3-14(13-24)15(25)19-6-8-22-9-11-23(12-10-22)17-20-4-2-5-21-17/h2,4-5,14H,1,3,6-13H2,(H2,18,26)(H,19,25)/t14-/m0/s1. The van der Waals surface area contributed by atoms with Crippen LogP contribution in [0.4, 0.5) is 10.7 Å². The van der Waals surface area contributed by atoms with E-state index in [9.17, 15) is 9.59 Å². The lowest BCUT2D eigenvalue weighted by atomic mass is 9.97. The minimum atomic E-state index is -0.442. The maximum absolute atomic E-state index is 12.3. The number of hydrogen-bond acceptors (Lipinski definition) is 6. The molecule has 3 heterocycles. The highest BCUT2D eigenvalue weighted by Gasteiger charge is 2.27. The number of rotatable bonds is 5. The van der Waals surface area contributed by atoms with Crippen LogP contribution in [0.5, 0.6) is 0 Å². The smallest absolute Gasteiger partial charge is 0.314 e. The molecule has 0 aliphatic carbocycles. The number of likely N-dealkylation sites (tertiary alicyclic amines) is 1. The molecule has 2 aliphatic rings. The fraction of sp³-hybridized carbons (Fsp3) is 0.647. The number of nitrogens with one attached hydrogen (secondary N) is 1. The van der Waals surface area contributed by atoms with E-state index in [0.29, 0.717) is 19.6 Å². The summed E-state index contributed by atoms with van der Waals surface area (Å²) >= 11 is 0. The van der Waals surface area contributed by atoms with Gasteiger partial charge in [-0.15, -0.1) is 0 Å². The number of nitrogens with zero attached hydrogens (tertiary/aromatic N) is 5. The minimum Gasteiger partial charge on any atom is -0.355 e. The maximum Gasteiger partial charge on any atom is 0.314 e. The zero-order valence-electron chi connectivity index (χ0n) is 15.0. The Morgan fingerprint density at radius 3 is 2.58 bits per heavy atom. The van der Waals surface area contributed by atoms with Crippen molar-refractivity contribution in [1.82, 2.24) is 25.1 Å². The number of amides is 3. The van der Waals surface area contributed by atoms with Crippen LogP contribution in [-0.4, -0.2) is 84.1 Å². The summed E-state index contributed by atoms with van der Waals surface area (Å²) in [6.07, 6.45) is 5.15. The third-order valence-corrected chi connectivity index (χ3v) is 5.04. The van der Waals surface area contributed by atoms with E-state index in [4.69, 9.17) is 5.73 Å². The number of hydrogen-bond donors (Lipinski definition) is 2. The van der Waals surface area contributed by atoms with Crippen molar-refractivity contribution in [3.05, 3.63) is 18.5 Å². The fourth-order valence-corrected chi connectivity index (χ4v) is 3.50.